The van der Waals surface area contributed by atoms with Crippen LogP contribution in [0.15, 0.2) is 206 Å². The third-order valence-corrected chi connectivity index (χ3v) is 19.4. The van der Waals surface area contributed by atoms with E-state index in [1.165, 1.54) is 147 Å². The fraction of sp³-hybridized carbons (Fsp3) is 0.205. The van der Waals surface area contributed by atoms with E-state index >= 15 is 0 Å². The molecule has 2 aliphatic heterocycles. The molecule has 0 aliphatic carbocycles. The van der Waals surface area contributed by atoms with Gasteiger partial charge in [0.05, 0.1) is 11.0 Å². The molecule has 0 amide bonds. The zero-order chi connectivity index (χ0) is 57.2. The van der Waals surface area contributed by atoms with Gasteiger partial charge in [0.2, 0.25) is 0 Å². The summed E-state index contributed by atoms with van der Waals surface area (Å²) in [5, 5.41) is 10.1. The second-order valence-electron chi connectivity index (χ2n) is 27.9. The summed E-state index contributed by atoms with van der Waals surface area (Å²) in [6, 6.07) is 80.0. The molecule has 15 rings (SSSR count). The number of hydrogen-bond donors (Lipinski definition) is 0. The van der Waals surface area contributed by atoms with Gasteiger partial charge in [-0.1, -0.05) is 210 Å². The maximum absolute atomic E-state index is 2.69. The Balaban J connectivity index is 1.11. The van der Waals surface area contributed by atoms with Crippen molar-refractivity contribution in [2.75, 3.05) is 9.80 Å². The number of anilines is 6. The molecular formula is C78H70BN3S. The number of benzene rings is 11. The van der Waals surface area contributed by atoms with Crippen molar-refractivity contribution in [3.05, 3.63) is 229 Å². The molecule has 0 radical (unpaired) electrons. The maximum Gasteiger partial charge on any atom is 0.252 e. The molecule has 83 heavy (non-hydrogen) atoms. The molecule has 0 unspecified atom stereocenters. The first-order chi connectivity index (χ1) is 39.7. The van der Waals surface area contributed by atoms with Crippen molar-refractivity contribution < 1.29 is 0 Å². The van der Waals surface area contributed by atoms with Crippen molar-refractivity contribution in [3.63, 3.8) is 0 Å². The minimum Gasteiger partial charge on any atom is -0.311 e. The Kier molecular flexibility index (Phi) is 11.2. The molecule has 11 aromatic carbocycles. The van der Waals surface area contributed by atoms with E-state index in [4.69, 9.17) is 0 Å². The molecule has 0 spiro atoms. The van der Waals surface area contributed by atoms with E-state index in [0.29, 0.717) is 0 Å². The highest BCUT2D eigenvalue weighted by Gasteiger charge is 2.45. The zero-order valence-corrected chi connectivity index (χ0v) is 50.8. The van der Waals surface area contributed by atoms with Crippen LogP contribution in [0.5, 0.6) is 0 Å². The SMILES string of the molecule is CC(C)(C)c1cc(N2c3cc(-c4ccc5c(c4)c4cc6sc7ccccc7c6cc4n5-c4ccccc4)cc4c3B(c3ccc5ccccc5c32)c2ccc3ccccc3c2N4c2cc(C(C)(C)C)cc(C(C)(C)C)c2)cc(C(C)(C)C)c1. The maximum atomic E-state index is 2.69. The number of aromatic nitrogens is 1. The highest BCUT2D eigenvalue weighted by atomic mass is 32.1. The van der Waals surface area contributed by atoms with Crippen LogP contribution in [0.4, 0.5) is 34.1 Å². The lowest BCUT2D eigenvalue weighted by Crippen LogP contribution is -2.61. The van der Waals surface area contributed by atoms with Crippen molar-refractivity contribution >= 4 is 132 Å². The minimum atomic E-state index is -0.105. The van der Waals surface area contributed by atoms with Crippen LogP contribution in [0.2, 0.25) is 0 Å². The smallest absolute Gasteiger partial charge is 0.252 e. The molecule has 2 aliphatic rings. The minimum absolute atomic E-state index is 0.0726. The van der Waals surface area contributed by atoms with Crippen LogP contribution < -0.4 is 26.2 Å². The van der Waals surface area contributed by atoms with Crippen molar-refractivity contribution in [1.82, 2.24) is 4.57 Å². The van der Waals surface area contributed by atoms with Gasteiger partial charge in [0.1, 0.15) is 0 Å². The van der Waals surface area contributed by atoms with Gasteiger partial charge in [0.15, 0.2) is 0 Å². The van der Waals surface area contributed by atoms with Crippen LogP contribution in [-0.2, 0) is 21.7 Å². The van der Waals surface area contributed by atoms with Crippen molar-refractivity contribution in [3.8, 4) is 16.8 Å². The molecule has 13 aromatic rings. The van der Waals surface area contributed by atoms with E-state index in [0.717, 1.165) is 5.69 Å². The third-order valence-electron chi connectivity index (χ3n) is 18.3. The lowest BCUT2D eigenvalue weighted by atomic mass is 9.33. The standard InChI is InChI=1S/C78H70BN3S/c1-75(2,3)51-39-52(76(4,5)6)42-56(41-51)81-68-37-50(49-32-35-66-61(36-49)62-46-71-63(60-28-20-21-29-70(60)83-71)45-67(62)80(66)55-24-14-13-15-25-55)38-69-72(68)79(64-33-30-47-22-16-18-26-58(47)73(64)81)65-34-31-48-23-17-19-27-59(48)74(65)82(69)57-43-53(77(7,8)9)40-54(44-57)78(10,11)12/h13-46H,1-12H3. The largest absolute Gasteiger partial charge is 0.311 e. The molecule has 0 N–H and O–H groups in total. The summed E-state index contributed by atoms with van der Waals surface area (Å²) >= 11 is 1.89. The highest BCUT2D eigenvalue weighted by Crippen LogP contribution is 2.52. The topological polar surface area (TPSA) is 11.4 Å². The molecule has 406 valence electrons. The first-order valence-corrected chi connectivity index (χ1v) is 30.6. The molecule has 2 aromatic heterocycles. The fourth-order valence-corrected chi connectivity index (χ4v) is 14.8. The van der Waals surface area contributed by atoms with E-state index in [-0.39, 0.29) is 28.4 Å². The Labute approximate surface area is 493 Å². The molecule has 3 nitrogen and oxygen atoms in total. The molecule has 5 heteroatoms. The first kappa shape index (κ1) is 51.5. The van der Waals surface area contributed by atoms with E-state index in [2.05, 4.69) is 304 Å². The van der Waals surface area contributed by atoms with Gasteiger partial charge in [-0.15, -0.1) is 11.3 Å². The first-order valence-electron chi connectivity index (χ1n) is 29.8. The van der Waals surface area contributed by atoms with Gasteiger partial charge in [-0.05, 0) is 161 Å². The summed E-state index contributed by atoms with van der Waals surface area (Å²) in [7, 11) is 0. The summed E-state index contributed by atoms with van der Waals surface area (Å²) in [6.45, 7) is 28.3. The zero-order valence-electron chi connectivity index (χ0n) is 50.0. The van der Waals surface area contributed by atoms with Crippen LogP contribution in [0, 0.1) is 0 Å². The highest BCUT2D eigenvalue weighted by molar-refractivity contribution is 7.25. The van der Waals surface area contributed by atoms with Crippen LogP contribution in [-0.4, -0.2) is 11.3 Å². The van der Waals surface area contributed by atoms with E-state index in [9.17, 15) is 0 Å². The molecular weight excluding hydrogens is 1020 g/mol. The summed E-state index contributed by atoms with van der Waals surface area (Å²) in [4.78, 5) is 5.38. The Bertz CT molecular complexity index is 4600. The second kappa shape index (κ2) is 18.1. The number of rotatable bonds is 4. The van der Waals surface area contributed by atoms with Crippen LogP contribution in [0.3, 0.4) is 0 Å². The number of nitrogens with zero attached hydrogens (tertiary/aromatic N) is 3. The van der Waals surface area contributed by atoms with Gasteiger partial charge in [0, 0.05) is 81.5 Å². The Hall–Kier alpha value is -8.38. The summed E-state index contributed by atoms with van der Waals surface area (Å²) in [5.41, 5.74) is 22.1. The Morgan fingerprint density at radius 1 is 0.325 bits per heavy atom. The average molecular weight is 1090 g/mol. The molecule has 0 bridgehead atoms. The van der Waals surface area contributed by atoms with Gasteiger partial charge >= 0.3 is 0 Å². The quantitative estimate of drug-likeness (QED) is 0.163. The van der Waals surface area contributed by atoms with Gasteiger partial charge < -0.3 is 14.4 Å². The normalized spacial score (nSPS) is 13.7. The summed E-state index contributed by atoms with van der Waals surface area (Å²) in [6.07, 6.45) is 0. The van der Waals surface area contributed by atoms with Crippen molar-refractivity contribution in [2.24, 2.45) is 0 Å². The lowest BCUT2D eigenvalue weighted by Gasteiger charge is -2.46. The van der Waals surface area contributed by atoms with Crippen molar-refractivity contribution in [1.29, 1.82) is 0 Å². The number of thiophene rings is 1. The number of hydrogen-bond acceptors (Lipinski definition) is 3. The number of fused-ring (bicyclic) bond motifs is 14. The summed E-state index contributed by atoms with van der Waals surface area (Å²) in [5.74, 6) is 0. The average Bonchev–Trinajstić information content (AvgIpc) is 1.75. The fourth-order valence-electron chi connectivity index (χ4n) is 13.7. The molecule has 4 heterocycles. The molecule has 0 atom stereocenters. The molecule has 0 saturated carbocycles. The molecule has 0 fully saturated rings. The van der Waals surface area contributed by atoms with Gasteiger partial charge in [-0.25, -0.2) is 0 Å². The predicted molar refractivity (Wildman–Crippen MR) is 363 cm³/mol. The van der Waals surface area contributed by atoms with Gasteiger partial charge in [-0.2, -0.15) is 0 Å². The number of para-hydroxylation sites is 1. The van der Waals surface area contributed by atoms with Crippen molar-refractivity contribution in [2.45, 2.75) is 105 Å². The van der Waals surface area contributed by atoms with Crippen LogP contribution in [0.1, 0.15) is 105 Å². The van der Waals surface area contributed by atoms with Gasteiger partial charge in [-0.3, -0.25) is 0 Å². The van der Waals surface area contributed by atoms with E-state index < -0.39 is 0 Å². The van der Waals surface area contributed by atoms with E-state index in [1.807, 2.05) is 11.3 Å². The Morgan fingerprint density at radius 3 is 1.31 bits per heavy atom. The predicted octanol–water partition coefficient (Wildman–Crippen LogP) is 20.4. The van der Waals surface area contributed by atoms with Crippen LogP contribution in [0.25, 0.3) is 80.3 Å². The lowest BCUT2D eigenvalue weighted by molar-refractivity contribution is 0.568. The third kappa shape index (κ3) is 8.12. The Morgan fingerprint density at radius 2 is 0.795 bits per heavy atom. The summed E-state index contributed by atoms with van der Waals surface area (Å²) < 4.78 is 5.11. The second-order valence-corrected chi connectivity index (χ2v) is 29.0. The molecule has 0 saturated heterocycles. The van der Waals surface area contributed by atoms with E-state index in [1.54, 1.807) is 0 Å². The monoisotopic (exact) mass is 1090 g/mol. The van der Waals surface area contributed by atoms with Gasteiger partial charge in [0.25, 0.3) is 6.71 Å². The van der Waals surface area contributed by atoms with Crippen LogP contribution >= 0.6 is 11.3 Å².